The molecule has 3 aliphatic rings. The van der Waals surface area contributed by atoms with Crippen molar-refractivity contribution < 1.29 is 4.79 Å². The molecule has 0 saturated carbocycles. The molecule has 1 atom stereocenters. The summed E-state index contributed by atoms with van der Waals surface area (Å²) in [4.78, 5) is 23.4. The van der Waals surface area contributed by atoms with E-state index in [4.69, 9.17) is 0 Å². The SMILES string of the molecule is CC1CCCN(c2cccc3c2CCN3NC(=O)N=C2C=CCc3[nH]c4ccccc4c32)C1. The molecule has 6 nitrogen and oxygen atoms in total. The van der Waals surface area contributed by atoms with Crippen LogP contribution in [-0.4, -0.2) is 36.4 Å². The van der Waals surface area contributed by atoms with Crippen molar-refractivity contribution in [3.8, 4) is 0 Å². The third kappa shape index (κ3) is 3.59. The van der Waals surface area contributed by atoms with E-state index in [0.29, 0.717) is 5.71 Å². The van der Waals surface area contributed by atoms with E-state index in [-0.39, 0.29) is 6.03 Å². The number of aromatic amines is 1. The Bertz CT molecular complexity index is 1290. The van der Waals surface area contributed by atoms with Crippen LogP contribution in [0.4, 0.5) is 16.2 Å². The van der Waals surface area contributed by atoms with Crippen LogP contribution >= 0.6 is 0 Å². The average molecular weight is 440 g/mol. The van der Waals surface area contributed by atoms with Crippen molar-refractivity contribution in [2.45, 2.75) is 32.6 Å². The topological polar surface area (TPSA) is 63.7 Å². The van der Waals surface area contributed by atoms with Crippen molar-refractivity contribution in [3.05, 3.63) is 71.4 Å². The summed E-state index contributed by atoms with van der Waals surface area (Å²) in [5, 5.41) is 3.07. The summed E-state index contributed by atoms with van der Waals surface area (Å²) in [6, 6.07) is 14.3. The molecule has 3 heterocycles. The summed E-state index contributed by atoms with van der Waals surface area (Å²) in [6.07, 6.45) is 8.31. The number of nitrogens with zero attached hydrogens (tertiary/aromatic N) is 3. The van der Waals surface area contributed by atoms with Crippen molar-refractivity contribution >= 4 is 34.0 Å². The summed E-state index contributed by atoms with van der Waals surface area (Å²) < 4.78 is 0. The number of fused-ring (bicyclic) bond motifs is 4. The maximum absolute atomic E-state index is 13.0. The minimum Gasteiger partial charge on any atom is -0.371 e. The Hall–Kier alpha value is -3.54. The molecule has 1 aliphatic carbocycles. The highest BCUT2D eigenvalue weighted by atomic mass is 16.2. The number of piperidine rings is 1. The summed E-state index contributed by atoms with van der Waals surface area (Å²) in [5.41, 5.74) is 10.7. The van der Waals surface area contributed by atoms with Gasteiger partial charge < -0.3 is 9.88 Å². The largest absolute Gasteiger partial charge is 0.371 e. The number of anilines is 2. The zero-order chi connectivity index (χ0) is 22.4. The maximum atomic E-state index is 13.0. The third-order valence-corrected chi connectivity index (χ3v) is 7.09. The minimum atomic E-state index is -0.336. The summed E-state index contributed by atoms with van der Waals surface area (Å²) >= 11 is 0. The van der Waals surface area contributed by atoms with Crippen LogP contribution in [0.3, 0.4) is 0 Å². The summed E-state index contributed by atoms with van der Waals surface area (Å²) in [6.45, 7) is 5.32. The molecule has 0 radical (unpaired) electrons. The van der Waals surface area contributed by atoms with Crippen molar-refractivity contribution in [3.63, 3.8) is 0 Å². The zero-order valence-corrected chi connectivity index (χ0v) is 19.0. The van der Waals surface area contributed by atoms with E-state index < -0.39 is 0 Å². The van der Waals surface area contributed by atoms with Crippen LogP contribution in [-0.2, 0) is 12.8 Å². The number of carbonyl (C=O) groups excluding carboxylic acids is 1. The Morgan fingerprint density at radius 3 is 2.91 bits per heavy atom. The van der Waals surface area contributed by atoms with Crippen molar-refractivity contribution in [1.29, 1.82) is 0 Å². The number of hydrazine groups is 1. The van der Waals surface area contributed by atoms with E-state index in [2.05, 4.69) is 63.6 Å². The van der Waals surface area contributed by atoms with Gasteiger partial charge in [-0.25, -0.2) is 10.2 Å². The van der Waals surface area contributed by atoms with E-state index in [1.807, 2.05) is 23.2 Å². The number of rotatable bonds is 2. The van der Waals surface area contributed by atoms with E-state index in [1.165, 1.54) is 24.1 Å². The van der Waals surface area contributed by atoms with Gasteiger partial charge in [-0.3, -0.25) is 5.01 Å². The molecule has 3 aromatic rings. The fourth-order valence-electron chi connectivity index (χ4n) is 5.59. The summed E-state index contributed by atoms with van der Waals surface area (Å²) in [7, 11) is 0. The number of benzene rings is 2. The highest BCUT2D eigenvalue weighted by Gasteiger charge is 2.27. The second-order valence-corrected chi connectivity index (χ2v) is 9.41. The number of nitrogens with one attached hydrogen (secondary N) is 2. The molecule has 0 bridgehead atoms. The molecule has 0 spiro atoms. The van der Waals surface area contributed by atoms with Gasteiger partial charge in [-0.1, -0.05) is 37.3 Å². The highest BCUT2D eigenvalue weighted by Crippen LogP contribution is 2.36. The number of aromatic nitrogens is 1. The fraction of sp³-hybridized carbons (Fsp3) is 0.333. The van der Waals surface area contributed by atoms with Crippen LogP contribution in [0.2, 0.25) is 0 Å². The molecule has 33 heavy (non-hydrogen) atoms. The van der Waals surface area contributed by atoms with Gasteiger partial charge in [0.15, 0.2) is 0 Å². The number of para-hydroxylation sites is 1. The zero-order valence-electron chi connectivity index (χ0n) is 19.0. The van der Waals surface area contributed by atoms with Crippen LogP contribution in [0.5, 0.6) is 0 Å². The molecule has 2 N–H and O–H groups in total. The quantitative estimate of drug-likeness (QED) is 0.591. The standard InChI is InChI=1S/C27H29N5O/c1-18-7-6-15-31(17-18)24-12-5-13-25-20(24)14-16-32(25)30-27(33)29-23-11-4-10-22-26(23)19-8-2-3-9-21(19)28-22/h2-5,8-9,11-13,18,28H,6-7,10,14-17H2,1H3,(H,30,33). The van der Waals surface area contributed by atoms with Gasteiger partial charge in [-0.2, -0.15) is 4.99 Å². The molecule has 1 unspecified atom stereocenters. The lowest BCUT2D eigenvalue weighted by molar-refractivity contribution is 0.248. The maximum Gasteiger partial charge on any atom is 0.360 e. The number of H-pyrrole nitrogens is 1. The molecule has 2 aliphatic heterocycles. The molecule has 1 fully saturated rings. The van der Waals surface area contributed by atoms with Gasteiger partial charge in [-0.05, 0) is 49.5 Å². The molecule has 1 saturated heterocycles. The first-order chi connectivity index (χ1) is 16.2. The van der Waals surface area contributed by atoms with Gasteiger partial charge in [-0.15, -0.1) is 0 Å². The lowest BCUT2D eigenvalue weighted by atomic mass is 9.98. The van der Waals surface area contributed by atoms with Gasteiger partial charge in [0.1, 0.15) is 0 Å². The van der Waals surface area contributed by atoms with Gasteiger partial charge in [0.05, 0.1) is 11.4 Å². The van der Waals surface area contributed by atoms with E-state index in [0.717, 1.165) is 66.2 Å². The molecule has 1 aromatic heterocycles. The second-order valence-electron chi connectivity index (χ2n) is 9.41. The van der Waals surface area contributed by atoms with Gasteiger partial charge >= 0.3 is 6.03 Å². The van der Waals surface area contributed by atoms with Crippen LogP contribution in [0, 0.1) is 5.92 Å². The lowest BCUT2D eigenvalue weighted by Crippen LogP contribution is -2.40. The molecule has 6 heteroatoms. The summed E-state index contributed by atoms with van der Waals surface area (Å²) in [5.74, 6) is 0.723. The van der Waals surface area contributed by atoms with Gasteiger partial charge in [0.25, 0.3) is 0 Å². The molecular formula is C27H29N5O. The third-order valence-electron chi connectivity index (χ3n) is 7.09. The lowest BCUT2D eigenvalue weighted by Gasteiger charge is -2.34. The van der Waals surface area contributed by atoms with Crippen LogP contribution in [0.15, 0.2) is 59.6 Å². The smallest absolute Gasteiger partial charge is 0.360 e. The molecule has 2 aromatic carbocycles. The Kier molecular flexibility index (Phi) is 4.93. The Labute approximate surface area is 194 Å². The first-order valence-electron chi connectivity index (χ1n) is 12.0. The number of hydrogen-bond donors (Lipinski definition) is 2. The normalized spacial score (nSPS) is 20.9. The number of hydrogen-bond acceptors (Lipinski definition) is 3. The average Bonchev–Trinajstić information content (AvgIpc) is 3.41. The first kappa shape index (κ1) is 20.1. The molecule has 2 amide bonds. The Morgan fingerprint density at radius 2 is 2.00 bits per heavy atom. The van der Waals surface area contributed by atoms with Crippen molar-refractivity contribution in [2.24, 2.45) is 10.9 Å². The number of amides is 2. The monoisotopic (exact) mass is 439 g/mol. The predicted molar refractivity (Wildman–Crippen MR) is 134 cm³/mol. The number of carbonyl (C=O) groups is 1. The molecular weight excluding hydrogens is 410 g/mol. The van der Waals surface area contributed by atoms with E-state index >= 15 is 0 Å². The van der Waals surface area contributed by atoms with Crippen LogP contribution < -0.4 is 15.3 Å². The van der Waals surface area contributed by atoms with Crippen LogP contribution in [0.25, 0.3) is 10.9 Å². The van der Waals surface area contributed by atoms with Gasteiger partial charge in [0.2, 0.25) is 0 Å². The Morgan fingerprint density at radius 1 is 1.12 bits per heavy atom. The molecule has 6 rings (SSSR count). The van der Waals surface area contributed by atoms with Crippen molar-refractivity contribution in [2.75, 3.05) is 29.5 Å². The van der Waals surface area contributed by atoms with E-state index in [1.54, 1.807) is 0 Å². The molecule has 168 valence electrons. The van der Waals surface area contributed by atoms with Gasteiger partial charge in [0, 0.05) is 59.5 Å². The number of aliphatic imine (C=N–C) groups is 1. The fourth-order valence-corrected chi connectivity index (χ4v) is 5.59. The minimum absolute atomic E-state index is 0.336. The number of urea groups is 1. The number of allylic oxidation sites excluding steroid dienone is 2. The first-order valence-corrected chi connectivity index (χ1v) is 12.0. The van der Waals surface area contributed by atoms with Crippen molar-refractivity contribution in [1.82, 2.24) is 10.4 Å². The van der Waals surface area contributed by atoms with E-state index in [9.17, 15) is 4.79 Å². The van der Waals surface area contributed by atoms with Crippen LogP contribution in [0.1, 0.15) is 36.6 Å². The highest BCUT2D eigenvalue weighted by molar-refractivity contribution is 6.20. The second kappa shape index (κ2) is 8.10. The Balaban J connectivity index is 1.25. The predicted octanol–water partition coefficient (Wildman–Crippen LogP) is 4.99.